The van der Waals surface area contributed by atoms with Crippen LogP contribution in [0.1, 0.15) is 22.9 Å². The number of aliphatic carboxylic acids is 1. The lowest BCUT2D eigenvalue weighted by molar-refractivity contribution is -0.136. The van der Waals surface area contributed by atoms with Crippen molar-refractivity contribution in [2.45, 2.75) is 26.2 Å². The predicted octanol–water partition coefficient (Wildman–Crippen LogP) is 2.53. The maximum atomic E-state index is 13.4. The zero-order valence-electron chi connectivity index (χ0n) is 10.5. The molecule has 0 radical (unpaired) electrons. The Labute approximate surface area is 109 Å². The van der Waals surface area contributed by atoms with Gasteiger partial charge in [0.2, 0.25) is 0 Å². The van der Waals surface area contributed by atoms with Gasteiger partial charge >= 0.3 is 5.97 Å². The van der Waals surface area contributed by atoms with Gasteiger partial charge in [0.05, 0.1) is 5.69 Å². The summed E-state index contributed by atoms with van der Waals surface area (Å²) in [5, 5.41) is 8.71. The van der Waals surface area contributed by atoms with Gasteiger partial charge in [-0.05, 0) is 25.0 Å². The number of benzene rings is 1. The Morgan fingerprint density at radius 2 is 2.11 bits per heavy atom. The molecule has 0 amide bonds. The molecule has 0 saturated carbocycles. The van der Waals surface area contributed by atoms with E-state index in [9.17, 15) is 9.18 Å². The zero-order chi connectivity index (χ0) is 13.8. The van der Waals surface area contributed by atoms with Crippen LogP contribution in [0.3, 0.4) is 0 Å². The second-order valence-corrected chi connectivity index (χ2v) is 4.28. The van der Waals surface area contributed by atoms with Crippen LogP contribution in [-0.2, 0) is 24.1 Å². The van der Waals surface area contributed by atoms with Crippen LogP contribution in [0.2, 0.25) is 0 Å². The standard InChI is InChI=1S/C14H14FNO3/c1-9-12(8-14(17)18)19-13(16-9)7-6-10-4-2-3-5-11(10)15/h2-5H,6-8H2,1H3,(H,17,18). The summed E-state index contributed by atoms with van der Waals surface area (Å²) in [5.41, 5.74) is 1.17. The first-order valence-corrected chi connectivity index (χ1v) is 5.96. The van der Waals surface area contributed by atoms with Crippen LogP contribution < -0.4 is 0 Å². The largest absolute Gasteiger partial charge is 0.481 e. The fourth-order valence-electron chi connectivity index (χ4n) is 1.84. The van der Waals surface area contributed by atoms with Crippen LogP contribution >= 0.6 is 0 Å². The molecule has 0 atom stereocenters. The highest BCUT2D eigenvalue weighted by molar-refractivity contribution is 5.69. The van der Waals surface area contributed by atoms with E-state index in [1.54, 1.807) is 25.1 Å². The van der Waals surface area contributed by atoms with Gasteiger partial charge in [0.25, 0.3) is 0 Å². The number of halogens is 1. The molecule has 0 aliphatic heterocycles. The van der Waals surface area contributed by atoms with Gasteiger partial charge in [0.1, 0.15) is 18.0 Å². The SMILES string of the molecule is Cc1nc(CCc2ccccc2F)oc1CC(=O)O. The minimum absolute atomic E-state index is 0.182. The number of oxazole rings is 1. The molecule has 1 N–H and O–H groups in total. The number of carbonyl (C=O) groups is 1. The van der Waals surface area contributed by atoms with Crippen LogP contribution in [-0.4, -0.2) is 16.1 Å². The van der Waals surface area contributed by atoms with Gasteiger partial charge in [0, 0.05) is 6.42 Å². The molecular formula is C14H14FNO3. The van der Waals surface area contributed by atoms with Crippen molar-refractivity contribution in [3.63, 3.8) is 0 Å². The number of aryl methyl sites for hydroxylation is 3. The lowest BCUT2D eigenvalue weighted by atomic mass is 10.1. The molecule has 1 aromatic carbocycles. The summed E-state index contributed by atoms with van der Waals surface area (Å²) in [6, 6.07) is 6.53. The topological polar surface area (TPSA) is 63.3 Å². The molecule has 0 bridgehead atoms. The van der Waals surface area contributed by atoms with Crippen molar-refractivity contribution in [2.75, 3.05) is 0 Å². The molecule has 0 unspecified atom stereocenters. The summed E-state index contributed by atoms with van der Waals surface area (Å²) in [5.74, 6) is -0.413. The maximum Gasteiger partial charge on any atom is 0.311 e. The monoisotopic (exact) mass is 263 g/mol. The molecule has 100 valence electrons. The van der Waals surface area contributed by atoms with E-state index in [4.69, 9.17) is 9.52 Å². The van der Waals surface area contributed by atoms with E-state index in [-0.39, 0.29) is 12.2 Å². The summed E-state index contributed by atoms with van der Waals surface area (Å²) in [4.78, 5) is 14.8. The molecular weight excluding hydrogens is 249 g/mol. The second kappa shape index (κ2) is 5.65. The predicted molar refractivity (Wildman–Crippen MR) is 66.4 cm³/mol. The van der Waals surface area contributed by atoms with Crippen molar-refractivity contribution >= 4 is 5.97 Å². The first-order chi connectivity index (χ1) is 9.06. The molecule has 0 aliphatic rings. The van der Waals surface area contributed by atoms with Crippen molar-refractivity contribution in [1.82, 2.24) is 4.98 Å². The van der Waals surface area contributed by atoms with E-state index >= 15 is 0 Å². The third-order valence-electron chi connectivity index (χ3n) is 2.81. The smallest absolute Gasteiger partial charge is 0.311 e. The molecule has 2 aromatic rings. The molecule has 0 saturated heterocycles. The van der Waals surface area contributed by atoms with Gasteiger partial charge in [-0.15, -0.1) is 0 Å². The lowest BCUT2D eigenvalue weighted by Crippen LogP contribution is -1.99. The average molecular weight is 263 g/mol. The summed E-state index contributed by atoms with van der Waals surface area (Å²) in [7, 11) is 0. The van der Waals surface area contributed by atoms with Gasteiger partial charge in [0.15, 0.2) is 5.89 Å². The van der Waals surface area contributed by atoms with Crippen LogP contribution in [0.15, 0.2) is 28.7 Å². The summed E-state index contributed by atoms with van der Waals surface area (Å²) >= 11 is 0. The maximum absolute atomic E-state index is 13.4. The average Bonchev–Trinajstić information content (AvgIpc) is 2.68. The quantitative estimate of drug-likeness (QED) is 0.900. The lowest BCUT2D eigenvalue weighted by Gasteiger charge is -2.00. The van der Waals surface area contributed by atoms with Gasteiger partial charge in [-0.3, -0.25) is 4.79 Å². The molecule has 4 nitrogen and oxygen atoms in total. The number of carboxylic acids is 1. The highest BCUT2D eigenvalue weighted by atomic mass is 19.1. The number of rotatable bonds is 5. The molecule has 0 fully saturated rings. The molecule has 19 heavy (non-hydrogen) atoms. The number of aromatic nitrogens is 1. The van der Waals surface area contributed by atoms with Crippen LogP contribution in [0.4, 0.5) is 4.39 Å². The van der Waals surface area contributed by atoms with Gasteiger partial charge in [-0.2, -0.15) is 0 Å². The van der Waals surface area contributed by atoms with Crippen molar-refractivity contribution in [1.29, 1.82) is 0 Å². The third-order valence-corrected chi connectivity index (χ3v) is 2.81. The van der Waals surface area contributed by atoms with Crippen LogP contribution in [0, 0.1) is 12.7 Å². The Balaban J connectivity index is 2.04. The number of nitrogens with zero attached hydrogens (tertiary/aromatic N) is 1. The van der Waals surface area contributed by atoms with E-state index in [1.807, 2.05) is 0 Å². The Bertz CT molecular complexity index is 592. The van der Waals surface area contributed by atoms with Crippen molar-refractivity contribution < 1.29 is 18.7 Å². The van der Waals surface area contributed by atoms with Crippen molar-refractivity contribution in [3.05, 3.63) is 53.0 Å². The Morgan fingerprint density at radius 1 is 1.37 bits per heavy atom. The normalized spacial score (nSPS) is 10.6. The molecule has 1 aromatic heterocycles. The Morgan fingerprint density at radius 3 is 2.79 bits per heavy atom. The van der Waals surface area contributed by atoms with E-state index in [2.05, 4.69) is 4.98 Å². The fourth-order valence-corrected chi connectivity index (χ4v) is 1.84. The van der Waals surface area contributed by atoms with Gasteiger partial charge < -0.3 is 9.52 Å². The molecule has 2 rings (SSSR count). The fraction of sp³-hybridized carbons (Fsp3) is 0.286. The summed E-state index contributed by atoms with van der Waals surface area (Å²) < 4.78 is 18.8. The first-order valence-electron chi connectivity index (χ1n) is 5.96. The van der Waals surface area contributed by atoms with Crippen molar-refractivity contribution in [2.24, 2.45) is 0 Å². The van der Waals surface area contributed by atoms with Crippen LogP contribution in [0.5, 0.6) is 0 Å². The zero-order valence-corrected chi connectivity index (χ0v) is 10.5. The van der Waals surface area contributed by atoms with Gasteiger partial charge in [-0.25, -0.2) is 9.37 Å². The molecule has 1 heterocycles. The highest BCUT2D eigenvalue weighted by Crippen LogP contribution is 2.14. The Hall–Kier alpha value is -2.17. The summed E-state index contributed by atoms with van der Waals surface area (Å²) in [6.07, 6.45) is 0.735. The number of carboxylic acid groups (broad SMARTS) is 1. The molecule has 0 aliphatic carbocycles. The molecule has 0 spiro atoms. The molecule has 5 heteroatoms. The van der Waals surface area contributed by atoms with E-state index in [1.165, 1.54) is 6.07 Å². The van der Waals surface area contributed by atoms with E-state index < -0.39 is 5.97 Å². The second-order valence-electron chi connectivity index (χ2n) is 4.28. The van der Waals surface area contributed by atoms with E-state index in [0.717, 1.165) is 0 Å². The number of hydrogen-bond acceptors (Lipinski definition) is 3. The van der Waals surface area contributed by atoms with Crippen LogP contribution in [0.25, 0.3) is 0 Å². The van der Waals surface area contributed by atoms with Crippen molar-refractivity contribution in [3.8, 4) is 0 Å². The minimum atomic E-state index is -0.958. The van der Waals surface area contributed by atoms with E-state index in [0.29, 0.717) is 35.7 Å². The number of hydrogen-bond donors (Lipinski definition) is 1. The first kappa shape index (κ1) is 13.3. The minimum Gasteiger partial charge on any atom is -0.481 e. The Kier molecular flexibility index (Phi) is 3.94. The summed E-state index contributed by atoms with van der Waals surface area (Å²) in [6.45, 7) is 1.70. The highest BCUT2D eigenvalue weighted by Gasteiger charge is 2.13. The van der Waals surface area contributed by atoms with Gasteiger partial charge in [-0.1, -0.05) is 18.2 Å². The third kappa shape index (κ3) is 3.40.